The van der Waals surface area contributed by atoms with Crippen molar-refractivity contribution in [1.82, 2.24) is 9.97 Å². The molecular weight excluding hydrogens is 475 g/mol. The molecule has 3 N–H and O–H groups in total. The lowest BCUT2D eigenvalue weighted by atomic mass is 10.1. The molecule has 2 aromatic carbocycles. The van der Waals surface area contributed by atoms with Crippen LogP contribution in [0.1, 0.15) is 10.4 Å². The highest BCUT2D eigenvalue weighted by atomic mass is 35.5. The number of carboxylic acids is 1. The summed E-state index contributed by atoms with van der Waals surface area (Å²) in [5.74, 6) is -0.952. The summed E-state index contributed by atoms with van der Waals surface area (Å²) in [6, 6.07) is 15.8. The molecule has 0 unspecified atom stereocenters. The molecule has 0 aliphatic heterocycles. The van der Waals surface area contributed by atoms with Crippen molar-refractivity contribution in [1.29, 1.82) is 0 Å². The molecule has 164 valence electrons. The zero-order chi connectivity index (χ0) is 22.0. The van der Waals surface area contributed by atoms with Crippen molar-refractivity contribution < 1.29 is 18.3 Å². The van der Waals surface area contributed by atoms with Crippen molar-refractivity contribution in [2.45, 2.75) is 4.90 Å². The van der Waals surface area contributed by atoms with E-state index in [1.54, 1.807) is 36.4 Å². The van der Waals surface area contributed by atoms with Gasteiger partial charge in [0, 0.05) is 28.5 Å². The molecule has 0 atom stereocenters. The van der Waals surface area contributed by atoms with Gasteiger partial charge in [-0.3, -0.25) is 9.71 Å². The molecule has 0 radical (unpaired) electrons. The van der Waals surface area contributed by atoms with E-state index in [1.165, 1.54) is 36.7 Å². The van der Waals surface area contributed by atoms with E-state index in [1.807, 2.05) is 0 Å². The van der Waals surface area contributed by atoms with Crippen LogP contribution in [0.4, 0.5) is 17.2 Å². The van der Waals surface area contributed by atoms with Gasteiger partial charge in [-0.05, 0) is 54.6 Å². The number of aromatic nitrogens is 2. The number of anilines is 3. The van der Waals surface area contributed by atoms with E-state index >= 15 is 0 Å². The molecule has 0 spiro atoms. The van der Waals surface area contributed by atoms with Crippen LogP contribution in [0.5, 0.6) is 0 Å². The first-order valence-electron chi connectivity index (χ1n) is 8.96. The van der Waals surface area contributed by atoms with Gasteiger partial charge in [0.05, 0.1) is 16.1 Å². The Morgan fingerprint density at radius 3 is 2.41 bits per heavy atom. The lowest BCUT2D eigenvalue weighted by Crippen LogP contribution is -2.13. The second-order valence-corrected chi connectivity index (χ2v) is 8.60. The number of carboxylic acid groups (broad SMARTS) is 1. The second-order valence-electron chi connectivity index (χ2n) is 6.48. The van der Waals surface area contributed by atoms with Crippen LogP contribution in [0, 0.1) is 0 Å². The molecule has 0 aliphatic rings. The number of rotatable bonds is 6. The van der Waals surface area contributed by atoms with Crippen molar-refractivity contribution in [3.05, 3.63) is 83.6 Å². The topological polar surface area (TPSA) is 121 Å². The molecule has 0 fully saturated rings. The highest BCUT2D eigenvalue weighted by Gasteiger charge is 2.17. The van der Waals surface area contributed by atoms with Gasteiger partial charge in [-0.15, -0.1) is 12.4 Å². The van der Waals surface area contributed by atoms with Gasteiger partial charge < -0.3 is 10.4 Å². The number of benzene rings is 2. The summed E-state index contributed by atoms with van der Waals surface area (Å²) >= 11 is 6.08. The van der Waals surface area contributed by atoms with Crippen molar-refractivity contribution in [2.24, 2.45) is 0 Å². The number of nitrogens with one attached hydrogen (secondary N) is 2. The van der Waals surface area contributed by atoms with Crippen LogP contribution in [0.2, 0.25) is 5.02 Å². The van der Waals surface area contributed by atoms with Crippen molar-refractivity contribution in [3.8, 4) is 0 Å². The first-order chi connectivity index (χ1) is 14.8. The Bertz CT molecular complexity index is 1380. The van der Waals surface area contributed by atoms with Gasteiger partial charge in [-0.25, -0.2) is 18.2 Å². The Balaban J connectivity index is 0.00000289. The quantitative estimate of drug-likeness (QED) is 0.349. The van der Waals surface area contributed by atoms with E-state index in [2.05, 4.69) is 20.0 Å². The maximum atomic E-state index is 12.6. The largest absolute Gasteiger partial charge is 0.478 e. The van der Waals surface area contributed by atoms with Crippen LogP contribution in [-0.4, -0.2) is 29.5 Å². The summed E-state index contributed by atoms with van der Waals surface area (Å²) in [6.45, 7) is 0. The van der Waals surface area contributed by atoms with E-state index in [4.69, 9.17) is 11.6 Å². The third-order valence-corrected chi connectivity index (χ3v) is 6.00. The third kappa shape index (κ3) is 4.91. The maximum Gasteiger partial charge on any atom is 0.339 e. The maximum absolute atomic E-state index is 12.6. The first kappa shape index (κ1) is 23.3. The van der Waals surface area contributed by atoms with E-state index in [-0.39, 0.29) is 28.7 Å². The SMILES string of the molecule is Cl.O=C(O)c1cnc2ccc(Cl)cc2c1Nc1ccc(S(=O)(=O)Nc2ccccn2)cc1. The fraction of sp³-hybridized carbons (Fsp3) is 0. The lowest BCUT2D eigenvalue weighted by molar-refractivity contribution is 0.0697. The summed E-state index contributed by atoms with van der Waals surface area (Å²) in [5.41, 5.74) is 1.33. The predicted octanol–water partition coefficient (Wildman–Crippen LogP) is 4.95. The number of sulfonamides is 1. The fourth-order valence-corrected chi connectivity index (χ4v) is 4.12. The summed E-state index contributed by atoms with van der Waals surface area (Å²) in [5, 5.41) is 13.6. The van der Waals surface area contributed by atoms with Gasteiger partial charge in [0.2, 0.25) is 0 Å². The molecular formula is C21H16Cl2N4O4S. The van der Waals surface area contributed by atoms with E-state index in [0.717, 1.165) is 0 Å². The summed E-state index contributed by atoms with van der Waals surface area (Å²) in [7, 11) is -3.83. The zero-order valence-electron chi connectivity index (χ0n) is 16.2. The Morgan fingerprint density at radius 1 is 1.00 bits per heavy atom. The molecule has 0 bridgehead atoms. The van der Waals surface area contributed by atoms with Gasteiger partial charge in [-0.2, -0.15) is 0 Å². The molecule has 32 heavy (non-hydrogen) atoms. The number of aromatic carboxylic acids is 1. The van der Waals surface area contributed by atoms with Crippen LogP contribution < -0.4 is 10.0 Å². The number of hydrogen-bond acceptors (Lipinski definition) is 6. The van der Waals surface area contributed by atoms with Crippen LogP contribution >= 0.6 is 24.0 Å². The van der Waals surface area contributed by atoms with Crippen LogP contribution in [0.3, 0.4) is 0 Å². The monoisotopic (exact) mass is 490 g/mol. The average Bonchev–Trinajstić information content (AvgIpc) is 2.74. The normalized spacial score (nSPS) is 10.9. The van der Waals surface area contributed by atoms with Crippen LogP contribution in [0.25, 0.3) is 10.9 Å². The minimum atomic E-state index is -3.83. The minimum absolute atomic E-state index is 0. The molecule has 0 saturated heterocycles. The smallest absolute Gasteiger partial charge is 0.339 e. The molecule has 2 heterocycles. The average molecular weight is 491 g/mol. The zero-order valence-corrected chi connectivity index (χ0v) is 18.6. The molecule has 0 aliphatic carbocycles. The third-order valence-electron chi connectivity index (χ3n) is 4.40. The molecule has 4 rings (SSSR count). The second kappa shape index (κ2) is 9.39. The van der Waals surface area contributed by atoms with E-state index in [9.17, 15) is 18.3 Å². The van der Waals surface area contributed by atoms with E-state index in [0.29, 0.717) is 27.3 Å². The summed E-state index contributed by atoms with van der Waals surface area (Å²) < 4.78 is 27.5. The summed E-state index contributed by atoms with van der Waals surface area (Å²) in [4.78, 5) is 19.8. The number of carbonyl (C=O) groups is 1. The molecule has 4 aromatic rings. The number of halogens is 2. The molecule has 0 saturated carbocycles. The summed E-state index contributed by atoms with van der Waals surface area (Å²) in [6.07, 6.45) is 2.74. The molecule has 11 heteroatoms. The fourth-order valence-electron chi connectivity index (χ4n) is 2.94. The number of nitrogens with zero attached hydrogens (tertiary/aromatic N) is 2. The minimum Gasteiger partial charge on any atom is -0.478 e. The van der Waals surface area contributed by atoms with Gasteiger partial charge in [-0.1, -0.05) is 17.7 Å². The number of fused-ring (bicyclic) bond motifs is 1. The van der Waals surface area contributed by atoms with Crippen LogP contribution in [0.15, 0.2) is 78.0 Å². The Hall–Kier alpha value is -3.40. The van der Waals surface area contributed by atoms with Crippen LogP contribution in [-0.2, 0) is 10.0 Å². The molecule has 0 amide bonds. The molecule has 2 aromatic heterocycles. The number of pyridine rings is 2. The lowest BCUT2D eigenvalue weighted by Gasteiger charge is -2.13. The standard InChI is InChI=1S/C21H15ClN4O4S.ClH/c22-13-4-9-18-16(11-13)20(17(12-24-18)21(27)28)25-14-5-7-15(8-6-14)31(29,30)26-19-3-1-2-10-23-19;/h1-12H,(H,23,26)(H,24,25)(H,27,28);1H. The van der Waals surface area contributed by atoms with Crippen molar-refractivity contribution >= 4 is 68.1 Å². The Morgan fingerprint density at radius 2 is 1.75 bits per heavy atom. The molecule has 8 nitrogen and oxygen atoms in total. The van der Waals surface area contributed by atoms with Gasteiger partial charge in [0.15, 0.2) is 0 Å². The highest BCUT2D eigenvalue weighted by molar-refractivity contribution is 7.92. The van der Waals surface area contributed by atoms with Crippen molar-refractivity contribution in [3.63, 3.8) is 0 Å². The first-order valence-corrected chi connectivity index (χ1v) is 10.8. The Labute approximate surface area is 194 Å². The number of hydrogen-bond donors (Lipinski definition) is 3. The predicted molar refractivity (Wildman–Crippen MR) is 126 cm³/mol. The van der Waals surface area contributed by atoms with Gasteiger partial charge in [0.1, 0.15) is 11.4 Å². The highest BCUT2D eigenvalue weighted by Crippen LogP contribution is 2.31. The van der Waals surface area contributed by atoms with E-state index < -0.39 is 16.0 Å². The van der Waals surface area contributed by atoms with Gasteiger partial charge in [0.25, 0.3) is 10.0 Å². The Kier molecular flexibility index (Phi) is 6.83. The van der Waals surface area contributed by atoms with Crippen molar-refractivity contribution in [2.75, 3.05) is 10.0 Å². The van der Waals surface area contributed by atoms with Gasteiger partial charge >= 0.3 is 5.97 Å².